The molecule has 2 heterocycles. The first-order chi connectivity index (χ1) is 10.0. The molecule has 0 aromatic rings. The molecule has 0 spiro atoms. The molecule has 1 amide bonds. The Labute approximate surface area is 130 Å². The molecule has 1 N–H and O–H groups in total. The fourth-order valence-electron chi connectivity index (χ4n) is 3.51. The van der Waals surface area contributed by atoms with Gasteiger partial charge in [0.1, 0.15) is 0 Å². The smallest absolute Gasteiger partial charge is 0.241 e. The van der Waals surface area contributed by atoms with E-state index in [1.165, 1.54) is 25.9 Å². The molecular weight excluding hydrogens is 262 g/mol. The van der Waals surface area contributed by atoms with Crippen LogP contribution in [0.4, 0.5) is 0 Å². The van der Waals surface area contributed by atoms with Crippen molar-refractivity contribution in [2.75, 3.05) is 26.2 Å². The van der Waals surface area contributed by atoms with Crippen molar-refractivity contribution in [2.45, 2.75) is 65.6 Å². The Balaban J connectivity index is 1.96. The van der Waals surface area contributed by atoms with Gasteiger partial charge in [-0.25, -0.2) is 0 Å². The maximum absolute atomic E-state index is 12.7. The second-order valence-electron chi connectivity index (χ2n) is 7.26. The lowest BCUT2D eigenvalue weighted by Crippen LogP contribution is -2.42. The summed E-state index contributed by atoms with van der Waals surface area (Å²) < 4.78 is 0. The van der Waals surface area contributed by atoms with E-state index < -0.39 is 0 Å². The molecule has 4 nitrogen and oxygen atoms in total. The van der Waals surface area contributed by atoms with Crippen molar-refractivity contribution in [3.05, 3.63) is 0 Å². The SMILES string of the molecule is CCC(C)C1NC(CC(C)C)N(CCN2CCCC2)C1=O. The molecule has 0 aromatic heterocycles. The standard InChI is InChI=1S/C17H33N3O/c1-5-14(4)16-17(21)20(15(18-16)12-13(2)3)11-10-19-8-6-7-9-19/h13-16,18H,5-12H2,1-4H3. The number of hydrogen-bond acceptors (Lipinski definition) is 3. The highest BCUT2D eigenvalue weighted by Gasteiger charge is 2.40. The van der Waals surface area contributed by atoms with Crippen LogP contribution in [-0.4, -0.2) is 54.1 Å². The summed E-state index contributed by atoms with van der Waals surface area (Å²) >= 11 is 0. The number of amides is 1. The number of carbonyl (C=O) groups is 1. The highest BCUT2D eigenvalue weighted by molar-refractivity contribution is 5.84. The Hall–Kier alpha value is -0.610. The van der Waals surface area contributed by atoms with Crippen LogP contribution in [0.2, 0.25) is 0 Å². The van der Waals surface area contributed by atoms with Gasteiger partial charge in [0, 0.05) is 13.1 Å². The molecular formula is C17H33N3O. The Bertz CT molecular complexity index is 339. The van der Waals surface area contributed by atoms with Gasteiger partial charge in [-0.1, -0.05) is 34.1 Å². The molecule has 0 radical (unpaired) electrons. The van der Waals surface area contributed by atoms with E-state index in [1.807, 2.05) is 0 Å². The van der Waals surface area contributed by atoms with Crippen molar-refractivity contribution in [2.24, 2.45) is 11.8 Å². The number of likely N-dealkylation sites (tertiary alicyclic amines) is 1. The lowest BCUT2D eigenvalue weighted by atomic mass is 9.99. The Kier molecular flexibility index (Phi) is 6.06. The first kappa shape index (κ1) is 16.8. The lowest BCUT2D eigenvalue weighted by molar-refractivity contribution is -0.131. The van der Waals surface area contributed by atoms with Crippen LogP contribution >= 0.6 is 0 Å². The lowest BCUT2D eigenvalue weighted by Gasteiger charge is -2.27. The molecule has 0 aliphatic carbocycles. The molecule has 0 saturated carbocycles. The normalized spacial score (nSPS) is 28.8. The summed E-state index contributed by atoms with van der Waals surface area (Å²) in [6.45, 7) is 13.2. The van der Waals surface area contributed by atoms with Gasteiger partial charge in [-0.3, -0.25) is 10.1 Å². The van der Waals surface area contributed by atoms with Gasteiger partial charge in [0.05, 0.1) is 12.2 Å². The predicted molar refractivity (Wildman–Crippen MR) is 87.0 cm³/mol. The van der Waals surface area contributed by atoms with Crippen molar-refractivity contribution in [1.29, 1.82) is 0 Å². The van der Waals surface area contributed by atoms with Crippen LogP contribution in [0.15, 0.2) is 0 Å². The second-order valence-corrected chi connectivity index (χ2v) is 7.26. The fraction of sp³-hybridized carbons (Fsp3) is 0.941. The number of rotatable bonds is 7. The van der Waals surface area contributed by atoms with Crippen molar-refractivity contribution in [3.63, 3.8) is 0 Å². The van der Waals surface area contributed by atoms with E-state index in [-0.39, 0.29) is 12.2 Å². The minimum Gasteiger partial charge on any atom is -0.324 e. The first-order valence-electron chi connectivity index (χ1n) is 8.81. The molecule has 4 heteroatoms. The van der Waals surface area contributed by atoms with E-state index in [2.05, 4.69) is 42.8 Å². The van der Waals surface area contributed by atoms with Gasteiger partial charge in [0.2, 0.25) is 5.91 Å². The average molecular weight is 295 g/mol. The van der Waals surface area contributed by atoms with Crippen molar-refractivity contribution >= 4 is 5.91 Å². The Morgan fingerprint density at radius 2 is 1.86 bits per heavy atom. The van der Waals surface area contributed by atoms with E-state index in [0.29, 0.717) is 17.7 Å². The van der Waals surface area contributed by atoms with Crippen LogP contribution in [0.3, 0.4) is 0 Å². The summed E-state index contributed by atoms with van der Waals surface area (Å²) in [5.41, 5.74) is 0. The van der Waals surface area contributed by atoms with Gasteiger partial charge in [-0.05, 0) is 44.2 Å². The first-order valence-corrected chi connectivity index (χ1v) is 8.81. The molecule has 21 heavy (non-hydrogen) atoms. The van der Waals surface area contributed by atoms with Gasteiger partial charge in [0.25, 0.3) is 0 Å². The van der Waals surface area contributed by atoms with Crippen molar-refractivity contribution < 1.29 is 4.79 Å². The van der Waals surface area contributed by atoms with Crippen LogP contribution in [0.1, 0.15) is 53.4 Å². The molecule has 0 aromatic carbocycles. The van der Waals surface area contributed by atoms with Crippen molar-refractivity contribution in [3.8, 4) is 0 Å². The largest absolute Gasteiger partial charge is 0.324 e. The number of nitrogens with zero attached hydrogens (tertiary/aromatic N) is 2. The van der Waals surface area contributed by atoms with Gasteiger partial charge in [-0.2, -0.15) is 0 Å². The van der Waals surface area contributed by atoms with E-state index in [4.69, 9.17) is 0 Å². The summed E-state index contributed by atoms with van der Waals surface area (Å²) in [5.74, 6) is 1.36. The van der Waals surface area contributed by atoms with Gasteiger partial charge in [0.15, 0.2) is 0 Å². The molecule has 0 bridgehead atoms. The summed E-state index contributed by atoms with van der Waals surface area (Å²) in [4.78, 5) is 17.4. The molecule has 2 rings (SSSR count). The molecule has 2 aliphatic heterocycles. The summed E-state index contributed by atoms with van der Waals surface area (Å²) in [6.07, 6.45) is 4.98. The molecule has 3 atom stereocenters. The minimum absolute atomic E-state index is 0.0253. The zero-order chi connectivity index (χ0) is 15.4. The number of nitrogens with one attached hydrogen (secondary N) is 1. The molecule has 122 valence electrons. The van der Waals surface area contributed by atoms with Crippen LogP contribution in [-0.2, 0) is 4.79 Å². The highest BCUT2D eigenvalue weighted by atomic mass is 16.2. The zero-order valence-electron chi connectivity index (χ0n) is 14.3. The van der Waals surface area contributed by atoms with Gasteiger partial charge < -0.3 is 9.80 Å². The molecule has 2 saturated heterocycles. The van der Waals surface area contributed by atoms with Crippen molar-refractivity contribution in [1.82, 2.24) is 15.1 Å². The average Bonchev–Trinajstić information content (AvgIpc) is 3.04. The summed E-state index contributed by atoms with van der Waals surface area (Å²) in [5, 5.41) is 3.61. The Morgan fingerprint density at radius 3 is 2.43 bits per heavy atom. The molecule has 3 unspecified atom stereocenters. The minimum atomic E-state index is 0.0253. The third kappa shape index (κ3) is 4.19. The van der Waals surface area contributed by atoms with E-state index >= 15 is 0 Å². The number of carbonyl (C=O) groups excluding carboxylic acids is 1. The van der Waals surface area contributed by atoms with Crippen LogP contribution < -0.4 is 5.32 Å². The topological polar surface area (TPSA) is 35.6 Å². The number of hydrogen-bond donors (Lipinski definition) is 1. The maximum atomic E-state index is 12.7. The summed E-state index contributed by atoms with van der Waals surface area (Å²) in [6, 6.07) is 0.0253. The fourth-order valence-corrected chi connectivity index (χ4v) is 3.51. The van der Waals surface area contributed by atoms with Gasteiger partial charge >= 0.3 is 0 Å². The molecule has 2 aliphatic rings. The van der Waals surface area contributed by atoms with Crippen LogP contribution in [0.5, 0.6) is 0 Å². The maximum Gasteiger partial charge on any atom is 0.241 e. The van der Waals surface area contributed by atoms with Crippen LogP contribution in [0, 0.1) is 11.8 Å². The predicted octanol–water partition coefficient (Wildman–Crippen LogP) is 2.30. The second kappa shape index (κ2) is 7.59. The quantitative estimate of drug-likeness (QED) is 0.783. The van der Waals surface area contributed by atoms with Gasteiger partial charge in [-0.15, -0.1) is 0 Å². The zero-order valence-corrected chi connectivity index (χ0v) is 14.3. The van der Waals surface area contributed by atoms with E-state index in [9.17, 15) is 4.79 Å². The Morgan fingerprint density at radius 1 is 1.19 bits per heavy atom. The summed E-state index contributed by atoms with van der Waals surface area (Å²) in [7, 11) is 0. The third-order valence-electron chi connectivity index (χ3n) is 5.06. The highest BCUT2D eigenvalue weighted by Crippen LogP contribution is 2.23. The molecule has 2 fully saturated rings. The monoisotopic (exact) mass is 295 g/mol. The van der Waals surface area contributed by atoms with E-state index in [1.54, 1.807) is 0 Å². The van der Waals surface area contributed by atoms with Crippen LogP contribution in [0.25, 0.3) is 0 Å². The van der Waals surface area contributed by atoms with E-state index in [0.717, 1.165) is 25.9 Å². The third-order valence-corrected chi connectivity index (χ3v) is 5.06.